The van der Waals surface area contributed by atoms with Crippen molar-refractivity contribution in [3.05, 3.63) is 123 Å². The molecule has 9 heteroatoms. The fourth-order valence-corrected chi connectivity index (χ4v) is 6.12. The van der Waals surface area contributed by atoms with Crippen LogP contribution in [0.15, 0.2) is 105 Å². The van der Waals surface area contributed by atoms with E-state index in [0.717, 1.165) is 24.8 Å². The van der Waals surface area contributed by atoms with Crippen molar-refractivity contribution < 1.29 is 23.5 Å². The SMILES string of the molecule is COC(=O)C1=C(C(=O)OC)N(c2ccc3cc(-c4ccc5c(c4)CCCC5)c(=O)oc3c2)C(N)=C(C#N)C1c1ccccc1. The predicted octanol–water partition coefficient (Wildman–Crippen LogP) is 5.24. The number of esters is 2. The highest BCUT2D eigenvalue weighted by molar-refractivity contribution is 6.06. The number of nitrogens with two attached hydrogens (primary N) is 1. The largest absolute Gasteiger partial charge is 0.466 e. The highest BCUT2D eigenvalue weighted by Crippen LogP contribution is 2.43. The Morgan fingerprint density at radius 2 is 1.66 bits per heavy atom. The highest BCUT2D eigenvalue weighted by Gasteiger charge is 2.43. The van der Waals surface area contributed by atoms with Gasteiger partial charge in [0.25, 0.3) is 0 Å². The Morgan fingerprint density at radius 1 is 0.932 bits per heavy atom. The summed E-state index contributed by atoms with van der Waals surface area (Å²) in [5, 5.41) is 10.9. The van der Waals surface area contributed by atoms with Crippen LogP contribution >= 0.6 is 0 Å². The Morgan fingerprint density at radius 3 is 2.36 bits per heavy atom. The van der Waals surface area contributed by atoms with Crippen molar-refractivity contribution >= 4 is 28.6 Å². The van der Waals surface area contributed by atoms with Crippen LogP contribution in [0.25, 0.3) is 22.1 Å². The zero-order valence-electron chi connectivity index (χ0n) is 24.3. The van der Waals surface area contributed by atoms with Gasteiger partial charge in [-0.05, 0) is 66.1 Å². The van der Waals surface area contributed by atoms with Gasteiger partial charge in [-0.3, -0.25) is 4.90 Å². The fraction of sp³-hybridized carbons (Fsp3) is 0.200. The lowest BCUT2D eigenvalue weighted by molar-refractivity contribution is -0.139. The van der Waals surface area contributed by atoms with E-state index in [1.54, 1.807) is 48.5 Å². The number of allylic oxidation sites excluding steroid dienone is 1. The Balaban J connectivity index is 1.52. The van der Waals surface area contributed by atoms with Crippen LogP contribution in [0.1, 0.15) is 35.4 Å². The second-order valence-electron chi connectivity index (χ2n) is 10.7. The molecule has 0 saturated carbocycles. The Bertz CT molecular complexity index is 1980. The van der Waals surface area contributed by atoms with Crippen LogP contribution < -0.4 is 16.3 Å². The standard InChI is InChI=1S/C35H29N3O6/c1-42-34(40)30-29(21-9-4-3-5-10-21)27(19-36)32(37)38(31(30)35(41)43-2)25-15-14-24-17-26(33(39)44-28(24)18-25)23-13-12-20-8-6-7-11-22(20)16-23/h3-5,9-10,12-18,29H,6-8,11,37H2,1-2H3. The van der Waals surface area contributed by atoms with Crippen LogP contribution in [0.4, 0.5) is 5.69 Å². The van der Waals surface area contributed by atoms with Crippen LogP contribution in [0.5, 0.6) is 0 Å². The predicted molar refractivity (Wildman–Crippen MR) is 164 cm³/mol. The van der Waals surface area contributed by atoms with Gasteiger partial charge in [-0.25, -0.2) is 14.4 Å². The molecule has 0 amide bonds. The quantitative estimate of drug-likeness (QED) is 0.246. The van der Waals surface area contributed by atoms with E-state index in [4.69, 9.17) is 19.6 Å². The summed E-state index contributed by atoms with van der Waals surface area (Å²) in [5.41, 5.74) is 10.7. The zero-order valence-corrected chi connectivity index (χ0v) is 24.3. The fourth-order valence-electron chi connectivity index (χ4n) is 6.12. The molecule has 2 aliphatic rings. The molecule has 4 aromatic rings. The van der Waals surface area contributed by atoms with Gasteiger partial charge in [-0.15, -0.1) is 0 Å². The maximum atomic E-state index is 13.4. The van der Waals surface area contributed by atoms with Gasteiger partial charge in [0.1, 0.15) is 17.1 Å². The lowest BCUT2D eigenvalue weighted by Crippen LogP contribution is -2.40. The van der Waals surface area contributed by atoms with Crippen LogP contribution in [0, 0.1) is 11.3 Å². The van der Waals surface area contributed by atoms with Gasteiger partial charge < -0.3 is 19.6 Å². The lowest BCUT2D eigenvalue weighted by atomic mass is 9.81. The number of methoxy groups -OCH3 is 2. The Hall–Kier alpha value is -5.62. The van der Waals surface area contributed by atoms with Gasteiger partial charge in [0.15, 0.2) is 0 Å². The molecule has 44 heavy (non-hydrogen) atoms. The summed E-state index contributed by atoms with van der Waals surface area (Å²) >= 11 is 0. The molecular formula is C35H29N3O6. The molecule has 9 nitrogen and oxygen atoms in total. The molecule has 1 atom stereocenters. The number of nitrogens with zero attached hydrogens (tertiary/aromatic N) is 2. The molecule has 0 radical (unpaired) electrons. The molecule has 1 aromatic heterocycles. The van der Waals surface area contributed by atoms with Crippen molar-refractivity contribution in [1.29, 1.82) is 5.26 Å². The second-order valence-corrected chi connectivity index (χ2v) is 10.7. The summed E-state index contributed by atoms with van der Waals surface area (Å²) in [6.45, 7) is 0. The summed E-state index contributed by atoms with van der Waals surface area (Å²) in [6.07, 6.45) is 4.31. The minimum Gasteiger partial charge on any atom is -0.466 e. The van der Waals surface area contributed by atoms with Crippen LogP contribution in [-0.4, -0.2) is 26.2 Å². The summed E-state index contributed by atoms with van der Waals surface area (Å²) in [7, 11) is 2.37. The normalized spacial score (nSPS) is 16.4. The molecule has 2 N–H and O–H groups in total. The van der Waals surface area contributed by atoms with Gasteiger partial charge in [-0.2, -0.15) is 5.26 Å². The van der Waals surface area contributed by atoms with E-state index in [2.05, 4.69) is 18.2 Å². The maximum Gasteiger partial charge on any atom is 0.355 e. The van der Waals surface area contributed by atoms with Gasteiger partial charge in [0, 0.05) is 11.5 Å². The third-order valence-electron chi connectivity index (χ3n) is 8.25. The first-order chi connectivity index (χ1) is 21.4. The minimum absolute atomic E-state index is 0.0357. The number of rotatable bonds is 5. The van der Waals surface area contributed by atoms with E-state index in [1.807, 2.05) is 6.07 Å². The average molecular weight is 588 g/mol. The molecule has 3 aromatic carbocycles. The Kier molecular flexibility index (Phi) is 7.50. The van der Waals surface area contributed by atoms with E-state index >= 15 is 0 Å². The Labute approximate surface area is 253 Å². The van der Waals surface area contributed by atoms with Gasteiger partial charge in [0.2, 0.25) is 0 Å². The number of carbonyl (C=O) groups is 2. The first-order valence-corrected chi connectivity index (χ1v) is 14.2. The zero-order chi connectivity index (χ0) is 31.0. The van der Waals surface area contributed by atoms with E-state index < -0.39 is 23.5 Å². The van der Waals surface area contributed by atoms with E-state index in [1.165, 1.54) is 42.7 Å². The summed E-state index contributed by atoms with van der Waals surface area (Å²) in [5.74, 6) is -2.76. The maximum absolute atomic E-state index is 13.4. The molecule has 0 saturated heterocycles. The lowest BCUT2D eigenvalue weighted by Gasteiger charge is -2.35. The first-order valence-electron chi connectivity index (χ1n) is 14.2. The smallest absolute Gasteiger partial charge is 0.355 e. The number of carbonyl (C=O) groups excluding carboxylic acids is 2. The summed E-state index contributed by atoms with van der Waals surface area (Å²) < 4.78 is 16.0. The molecule has 0 fully saturated rings. The van der Waals surface area contributed by atoms with Crippen molar-refractivity contribution in [2.45, 2.75) is 31.6 Å². The number of aryl methyl sites for hydroxylation is 2. The third kappa shape index (κ3) is 4.80. The number of nitriles is 1. The van der Waals surface area contributed by atoms with Crippen LogP contribution in [0.3, 0.4) is 0 Å². The second kappa shape index (κ2) is 11.6. The molecule has 2 heterocycles. The van der Waals surface area contributed by atoms with Crippen LogP contribution in [0.2, 0.25) is 0 Å². The number of benzene rings is 3. The number of ether oxygens (including phenoxy) is 2. The summed E-state index contributed by atoms with van der Waals surface area (Å²) in [6, 6.07) is 23.7. The molecule has 1 aliphatic heterocycles. The van der Waals surface area contributed by atoms with Crippen molar-refractivity contribution in [3.63, 3.8) is 0 Å². The number of anilines is 1. The number of hydrogen-bond acceptors (Lipinski definition) is 9. The van der Waals surface area contributed by atoms with Crippen LogP contribution in [-0.2, 0) is 31.9 Å². The summed E-state index contributed by atoms with van der Waals surface area (Å²) in [4.78, 5) is 41.2. The van der Waals surface area contributed by atoms with Gasteiger partial charge in [-0.1, -0.05) is 48.5 Å². The molecule has 220 valence electrons. The first kappa shape index (κ1) is 28.5. The minimum atomic E-state index is -0.989. The van der Waals surface area contributed by atoms with E-state index in [0.29, 0.717) is 16.5 Å². The van der Waals surface area contributed by atoms with Crippen molar-refractivity contribution in [3.8, 4) is 17.2 Å². The van der Waals surface area contributed by atoms with Gasteiger partial charge in [0.05, 0.1) is 48.6 Å². The number of fused-ring (bicyclic) bond motifs is 2. The molecule has 0 spiro atoms. The van der Waals surface area contributed by atoms with Crippen molar-refractivity contribution in [2.24, 2.45) is 5.73 Å². The highest BCUT2D eigenvalue weighted by atomic mass is 16.5. The molecular weight excluding hydrogens is 558 g/mol. The molecule has 1 unspecified atom stereocenters. The molecule has 0 bridgehead atoms. The van der Waals surface area contributed by atoms with Crippen molar-refractivity contribution in [2.75, 3.05) is 19.1 Å². The van der Waals surface area contributed by atoms with E-state index in [9.17, 15) is 19.6 Å². The van der Waals surface area contributed by atoms with Crippen molar-refractivity contribution in [1.82, 2.24) is 0 Å². The van der Waals surface area contributed by atoms with Gasteiger partial charge >= 0.3 is 17.6 Å². The topological polar surface area (TPSA) is 136 Å². The third-order valence-corrected chi connectivity index (χ3v) is 8.25. The van der Waals surface area contributed by atoms with E-state index in [-0.39, 0.29) is 33.9 Å². The molecule has 1 aliphatic carbocycles. The number of hydrogen-bond donors (Lipinski definition) is 1. The average Bonchev–Trinajstić information content (AvgIpc) is 3.06. The monoisotopic (exact) mass is 587 g/mol. The molecule has 6 rings (SSSR count).